The number of likely N-dealkylation sites (tertiary alicyclic amines) is 1. The second-order valence-electron chi connectivity index (χ2n) is 3.77. The van der Waals surface area contributed by atoms with Crippen LogP contribution in [0.2, 0.25) is 0 Å². The summed E-state index contributed by atoms with van der Waals surface area (Å²) in [7, 11) is 0. The first-order chi connectivity index (χ1) is 6.84. The molecule has 2 N–H and O–H groups in total. The van der Waals surface area contributed by atoms with Crippen LogP contribution in [-0.4, -0.2) is 28.0 Å². The fraction of sp³-hybridized carbons (Fsp3) is 0.600. The zero-order chi connectivity index (χ0) is 9.80. The first kappa shape index (κ1) is 9.40. The van der Waals surface area contributed by atoms with Gasteiger partial charge in [-0.25, -0.2) is 9.97 Å². The summed E-state index contributed by atoms with van der Waals surface area (Å²) in [6.07, 6.45) is 7.31. The Kier molecular flexibility index (Phi) is 2.93. The number of nitrogen functional groups attached to an aromatic ring is 1. The van der Waals surface area contributed by atoms with Crippen LogP contribution in [0, 0.1) is 0 Å². The Labute approximate surface area is 84.2 Å². The third-order valence-electron chi connectivity index (χ3n) is 2.54. The van der Waals surface area contributed by atoms with E-state index in [4.69, 9.17) is 5.73 Å². The summed E-state index contributed by atoms with van der Waals surface area (Å²) in [6.45, 7) is 3.21. The van der Waals surface area contributed by atoms with Gasteiger partial charge in [0.05, 0.1) is 24.6 Å². The van der Waals surface area contributed by atoms with Crippen LogP contribution in [0.3, 0.4) is 0 Å². The van der Waals surface area contributed by atoms with Crippen molar-refractivity contribution in [1.29, 1.82) is 0 Å². The van der Waals surface area contributed by atoms with Gasteiger partial charge in [0.2, 0.25) is 0 Å². The lowest BCUT2D eigenvalue weighted by molar-refractivity contribution is 0.216. The van der Waals surface area contributed by atoms with Crippen molar-refractivity contribution in [1.82, 2.24) is 14.9 Å². The third-order valence-corrected chi connectivity index (χ3v) is 2.54. The molecule has 0 radical (unpaired) electrons. The Morgan fingerprint density at radius 1 is 1.14 bits per heavy atom. The predicted octanol–water partition coefficient (Wildman–Crippen LogP) is 1.04. The molecule has 0 aromatic carbocycles. The van der Waals surface area contributed by atoms with E-state index in [-0.39, 0.29) is 0 Å². The molecular weight excluding hydrogens is 176 g/mol. The molecule has 2 rings (SSSR count). The molecule has 0 aliphatic carbocycles. The first-order valence-electron chi connectivity index (χ1n) is 5.13. The second-order valence-corrected chi connectivity index (χ2v) is 3.77. The molecule has 2 heterocycles. The van der Waals surface area contributed by atoms with E-state index in [1.54, 1.807) is 12.4 Å². The van der Waals surface area contributed by atoms with Crippen molar-refractivity contribution in [2.24, 2.45) is 0 Å². The van der Waals surface area contributed by atoms with Gasteiger partial charge < -0.3 is 5.73 Å². The van der Waals surface area contributed by atoms with Crippen LogP contribution in [0.15, 0.2) is 12.4 Å². The average molecular weight is 192 g/mol. The molecule has 0 bridgehead atoms. The molecule has 4 heteroatoms. The number of nitrogens with zero attached hydrogens (tertiary/aromatic N) is 3. The molecule has 0 unspecified atom stereocenters. The molecule has 14 heavy (non-hydrogen) atoms. The summed E-state index contributed by atoms with van der Waals surface area (Å²) in [6, 6.07) is 0. The van der Waals surface area contributed by atoms with E-state index in [0.717, 1.165) is 12.4 Å². The van der Waals surface area contributed by atoms with E-state index < -0.39 is 0 Å². The molecule has 4 nitrogen and oxygen atoms in total. The number of nitrogens with two attached hydrogens (primary N) is 1. The standard InChI is InChI=1S/C10H16N4/c11-9-6-12-10(13-7-9)8-14-4-2-1-3-5-14/h6-7H,1-5,8,11H2. The second kappa shape index (κ2) is 4.37. The highest BCUT2D eigenvalue weighted by Crippen LogP contribution is 2.10. The molecule has 1 aromatic rings. The topological polar surface area (TPSA) is 55.0 Å². The predicted molar refractivity (Wildman–Crippen MR) is 55.6 cm³/mol. The molecule has 76 valence electrons. The molecule has 1 aromatic heterocycles. The molecule has 0 atom stereocenters. The summed E-state index contributed by atoms with van der Waals surface area (Å²) in [5.41, 5.74) is 6.15. The lowest BCUT2D eigenvalue weighted by Crippen LogP contribution is -2.29. The SMILES string of the molecule is Nc1cnc(CN2CCCCC2)nc1. The normalized spacial score (nSPS) is 18.3. The molecular formula is C10H16N4. The molecule has 0 spiro atoms. The highest BCUT2D eigenvalue weighted by molar-refractivity contribution is 5.30. The monoisotopic (exact) mass is 192 g/mol. The minimum Gasteiger partial charge on any atom is -0.396 e. The number of anilines is 1. The summed E-state index contributed by atoms with van der Waals surface area (Å²) < 4.78 is 0. The van der Waals surface area contributed by atoms with Crippen LogP contribution in [0.4, 0.5) is 5.69 Å². The molecule has 1 saturated heterocycles. The minimum atomic E-state index is 0.632. The largest absolute Gasteiger partial charge is 0.396 e. The van der Waals surface area contributed by atoms with Crippen molar-refractivity contribution in [3.05, 3.63) is 18.2 Å². The fourth-order valence-electron chi connectivity index (χ4n) is 1.76. The van der Waals surface area contributed by atoms with Crippen LogP contribution in [0.5, 0.6) is 0 Å². The average Bonchev–Trinajstić information content (AvgIpc) is 2.23. The summed E-state index contributed by atoms with van der Waals surface area (Å²) in [5, 5.41) is 0. The third kappa shape index (κ3) is 2.42. The molecule has 0 amide bonds. The minimum absolute atomic E-state index is 0.632. The maximum Gasteiger partial charge on any atom is 0.142 e. The molecule has 1 fully saturated rings. The Morgan fingerprint density at radius 2 is 1.79 bits per heavy atom. The van der Waals surface area contributed by atoms with Gasteiger partial charge in [-0.15, -0.1) is 0 Å². The van der Waals surface area contributed by atoms with Gasteiger partial charge in [-0.05, 0) is 25.9 Å². The number of hydrogen-bond acceptors (Lipinski definition) is 4. The number of rotatable bonds is 2. The first-order valence-corrected chi connectivity index (χ1v) is 5.13. The lowest BCUT2D eigenvalue weighted by atomic mass is 10.1. The van der Waals surface area contributed by atoms with E-state index >= 15 is 0 Å². The van der Waals surface area contributed by atoms with E-state index in [1.165, 1.54) is 32.4 Å². The highest BCUT2D eigenvalue weighted by atomic mass is 15.1. The van der Waals surface area contributed by atoms with E-state index in [1.807, 2.05) is 0 Å². The molecule has 1 aliphatic rings. The van der Waals surface area contributed by atoms with Crippen LogP contribution >= 0.6 is 0 Å². The van der Waals surface area contributed by atoms with Crippen molar-refractivity contribution in [3.8, 4) is 0 Å². The van der Waals surface area contributed by atoms with E-state index in [2.05, 4.69) is 14.9 Å². The number of hydrogen-bond donors (Lipinski definition) is 1. The van der Waals surface area contributed by atoms with Gasteiger partial charge in [-0.3, -0.25) is 4.90 Å². The van der Waals surface area contributed by atoms with Gasteiger partial charge in [0.25, 0.3) is 0 Å². The Hall–Kier alpha value is -1.16. The smallest absolute Gasteiger partial charge is 0.142 e. The summed E-state index contributed by atoms with van der Waals surface area (Å²) in [5.74, 6) is 0.876. The van der Waals surface area contributed by atoms with Crippen LogP contribution < -0.4 is 5.73 Å². The maximum atomic E-state index is 5.52. The van der Waals surface area contributed by atoms with Gasteiger partial charge >= 0.3 is 0 Å². The molecule has 1 aliphatic heterocycles. The van der Waals surface area contributed by atoms with Crippen molar-refractivity contribution >= 4 is 5.69 Å². The number of piperidine rings is 1. The van der Waals surface area contributed by atoms with E-state index in [0.29, 0.717) is 5.69 Å². The van der Waals surface area contributed by atoms with Crippen LogP contribution in [0.1, 0.15) is 25.1 Å². The zero-order valence-corrected chi connectivity index (χ0v) is 8.32. The van der Waals surface area contributed by atoms with Gasteiger partial charge in [-0.2, -0.15) is 0 Å². The van der Waals surface area contributed by atoms with Crippen molar-refractivity contribution in [3.63, 3.8) is 0 Å². The van der Waals surface area contributed by atoms with Crippen molar-refractivity contribution in [2.75, 3.05) is 18.8 Å². The quantitative estimate of drug-likeness (QED) is 0.760. The van der Waals surface area contributed by atoms with Gasteiger partial charge in [0.15, 0.2) is 0 Å². The Bertz CT molecular complexity index is 277. The number of aromatic nitrogens is 2. The van der Waals surface area contributed by atoms with Crippen LogP contribution in [0.25, 0.3) is 0 Å². The summed E-state index contributed by atoms with van der Waals surface area (Å²) in [4.78, 5) is 10.8. The highest BCUT2D eigenvalue weighted by Gasteiger charge is 2.11. The van der Waals surface area contributed by atoms with Crippen molar-refractivity contribution in [2.45, 2.75) is 25.8 Å². The maximum absolute atomic E-state index is 5.52. The van der Waals surface area contributed by atoms with Crippen LogP contribution in [-0.2, 0) is 6.54 Å². The van der Waals surface area contributed by atoms with Gasteiger partial charge in [0.1, 0.15) is 5.82 Å². The lowest BCUT2D eigenvalue weighted by Gasteiger charge is -2.25. The van der Waals surface area contributed by atoms with Crippen molar-refractivity contribution < 1.29 is 0 Å². The molecule has 0 saturated carbocycles. The van der Waals surface area contributed by atoms with E-state index in [9.17, 15) is 0 Å². The zero-order valence-electron chi connectivity index (χ0n) is 8.32. The Balaban J connectivity index is 1.92. The Morgan fingerprint density at radius 3 is 2.43 bits per heavy atom. The van der Waals surface area contributed by atoms with Gasteiger partial charge in [-0.1, -0.05) is 6.42 Å². The van der Waals surface area contributed by atoms with Gasteiger partial charge in [0, 0.05) is 0 Å². The summed E-state index contributed by atoms with van der Waals surface area (Å²) >= 11 is 0. The fourth-order valence-corrected chi connectivity index (χ4v) is 1.76.